The van der Waals surface area contributed by atoms with Crippen LogP contribution in [0.15, 0.2) is 24.4 Å². The molecule has 2 rings (SSSR count). The summed E-state index contributed by atoms with van der Waals surface area (Å²) in [5.41, 5.74) is 3.09. The average molecular weight is 235 g/mol. The number of benzene rings is 1. The molecular formula is C14H21NO2. The third-order valence-corrected chi connectivity index (χ3v) is 2.35. The fraction of sp³-hybridized carbons (Fsp3) is 0.357. The van der Waals surface area contributed by atoms with Gasteiger partial charge < -0.3 is 9.67 Å². The van der Waals surface area contributed by atoms with Gasteiger partial charge in [-0.3, -0.25) is 4.79 Å². The summed E-state index contributed by atoms with van der Waals surface area (Å²) in [5.74, 6) is 0. The van der Waals surface area contributed by atoms with E-state index >= 15 is 0 Å². The van der Waals surface area contributed by atoms with Crippen LogP contribution in [0.4, 0.5) is 0 Å². The van der Waals surface area contributed by atoms with Gasteiger partial charge in [0.2, 0.25) is 0 Å². The van der Waals surface area contributed by atoms with E-state index in [-0.39, 0.29) is 0 Å². The molecule has 94 valence electrons. The number of nitrogens with zero attached hydrogens (tertiary/aromatic N) is 1. The van der Waals surface area contributed by atoms with E-state index in [1.165, 1.54) is 10.9 Å². The van der Waals surface area contributed by atoms with Crippen LogP contribution in [0.1, 0.15) is 29.8 Å². The van der Waals surface area contributed by atoms with E-state index in [4.69, 9.17) is 5.11 Å². The molecule has 0 amide bonds. The van der Waals surface area contributed by atoms with Gasteiger partial charge in [-0.1, -0.05) is 26.0 Å². The van der Waals surface area contributed by atoms with Crippen LogP contribution >= 0.6 is 0 Å². The fourth-order valence-electron chi connectivity index (χ4n) is 1.68. The molecule has 2 aromatic rings. The lowest BCUT2D eigenvalue weighted by molar-refractivity contribution is 0.112. The molecule has 0 fully saturated rings. The lowest BCUT2D eigenvalue weighted by Gasteiger charge is -1.96. The second kappa shape index (κ2) is 7.63. The molecule has 0 bridgehead atoms. The third kappa shape index (κ3) is 3.43. The van der Waals surface area contributed by atoms with E-state index in [1.807, 2.05) is 43.7 Å². The molecule has 17 heavy (non-hydrogen) atoms. The lowest BCUT2D eigenvalue weighted by atomic mass is 10.1. The number of aromatic nitrogens is 1. The summed E-state index contributed by atoms with van der Waals surface area (Å²) in [6.45, 7) is 6.07. The van der Waals surface area contributed by atoms with Crippen molar-refractivity contribution < 1.29 is 9.90 Å². The molecule has 0 aliphatic carbocycles. The first kappa shape index (κ1) is 15.4. The van der Waals surface area contributed by atoms with Crippen molar-refractivity contribution in [1.82, 2.24) is 4.57 Å². The van der Waals surface area contributed by atoms with Gasteiger partial charge in [0.15, 0.2) is 0 Å². The number of aryl methyl sites for hydroxylation is 2. The summed E-state index contributed by atoms with van der Waals surface area (Å²) >= 11 is 0. The van der Waals surface area contributed by atoms with Crippen molar-refractivity contribution in [2.75, 3.05) is 7.11 Å². The topological polar surface area (TPSA) is 42.2 Å². The van der Waals surface area contributed by atoms with E-state index < -0.39 is 0 Å². The Bertz CT molecular complexity index is 472. The quantitative estimate of drug-likeness (QED) is 0.772. The summed E-state index contributed by atoms with van der Waals surface area (Å²) < 4.78 is 2.04. The van der Waals surface area contributed by atoms with Crippen molar-refractivity contribution in [3.05, 3.63) is 35.5 Å². The summed E-state index contributed by atoms with van der Waals surface area (Å²) in [4.78, 5) is 10.6. The maximum atomic E-state index is 10.6. The molecule has 3 heteroatoms. The zero-order valence-corrected chi connectivity index (χ0v) is 11.2. The summed E-state index contributed by atoms with van der Waals surface area (Å²) in [5, 5.41) is 8.22. The molecule has 1 aromatic carbocycles. The highest BCUT2D eigenvalue weighted by Crippen LogP contribution is 2.20. The van der Waals surface area contributed by atoms with Crippen molar-refractivity contribution in [3.8, 4) is 0 Å². The molecular weight excluding hydrogens is 214 g/mol. The Morgan fingerprint density at radius 2 is 1.82 bits per heavy atom. The van der Waals surface area contributed by atoms with Crippen LogP contribution < -0.4 is 0 Å². The van der Waals surface area contributed by atoms with Gasteiger partial charge in [0.1, 0.15) is 6.29 Å². The standard InChI is InChI=1S/C11H11NO.C2H6.CH4O/c1-8-6-12(2)11-5-9(7-13)3-4-10(8)11;2*1-2/h3-7H,1-2H3;1-2H3;2H,1H3. The first-order chi connectivity index (χ1) is 8.22. The molecule has 0 atom stereocenters. The van der Waals surface area contributed by atoms with E-state index in [0.717, 1.165) is 24.5 Å². The predicted octanol–water partition coefficient (Wildman–Crippen LogP) is 2.93. The van der Waals surface area contributed by atoms with Gasteiger partial charge in [-0.25, -0.2) is 0 Å². The Labute approximate surface area is 103 Å². The van der Waals surface area contributed by atoms with Crippen LogP contribution in [0.3, 0.4) is 0 Å². The van der Waals surface area contributed by atoms with Gasteiger partial charge >= 0.3 is 0 Å². The van der Waals surface area contributed by atoms with Gasteiger partial charge in [0, 0.05) is 36.8 Å². The zero-order chi connectivity index (χ0) is 13.4. The maximum Gasteiger partial charge on any atom is 0.150 e. The van der Waals surface area contributed by atoms with Crippen molar-refractivity contribution in [2.45, 2.75) is 20.8 Å². The second-order valence-corrected chi connectivity index (χ2v) is 3.32. The number of aliphatic hydroxyl groups is 1. The minimum Gasteiger partial charge on any atom is -0.400 e. The zero-order valence-electron chi connectivity index (χ0n) is 11.2. The highest BCUT2D eigenvalue weighted by atomic mass is 16.2. The average Bonchev–Trinajstić information content (AvgIpc) is 2.69. The van der Waals surface area contributed by atoms with Crippen molar-refractivity contribution >= 4 is 17.2 Å². The number of aliphatic hydroxyl groups excluding tert-OH is 1. The molecule has 1 aromatic heterocycles. The number of rotatable bonds is 1. The number of hydrogen-bond donors (Lipinski definition) is 1. The van der Waals surface area contributed by atoms with Gasteiger partial charge in [0.25, 0.3) is 0 Å². The Balaban J connectivity index is 0.000000581. The normalized spacial score (nSPS) is 8.82. The summed E-state index contributed by atoms with van der Waals surface area (Å²) in [6.07, 6.45) is 2.95. The van der Waals surface area contributed by atoms with Gasteiger partial charge in [-0.15, -0.1) is 0 Å². The molecule has 1 N–H and O–H groups in total. The van der Waals surface area contributed by atoms with Crippen LogP contribution in [0.25, 0.3) is 10.9 Å². The van der Waals surface area contributed by atoms with Crippen LogP contribution in [0, 0.1) is 6.92 Å². The number of carbonyl (C=O) groups excluding carboxylic acids is 1. The van der Waals surface area contributed by atoms with Crippen LogP contribution in [-0.4, -0.2) is 23.1 Å². The monoisotopic (exact) mass is 235 g/mol. The lowest BCUT2D eigenvalue weighted by Crippen LogP contribution is -1.85. The molecule has 0 aliphatic heterocycles. The summed E-state index contributed by atoms with van der Waals surface area (Å²) in [7, 11) is 2.99. The molecule has 0 saturated carbocycles. The Kier molecular flexibility index (Phi) is 6.91. The second-order valence-electron chi connectivity index (χ2n) is 3.32. The highest BCUT2D eigenvalue weighted by Gasteiger charge is 2.02. The maximum absolute atomic E-state index is 10.6. The minimum atomic E-state index is 0.730. The van der Waals surface area contributed by atoms with Crippen LogP contribution in [-0.2, 0) is 7.05 Å². The molecule has 3 nitrogen and oxygen atoms in total. The molecule has 0 radical (unpaired) electrons. The van der Waals surface area contributed by atoms with Crippen molar-refractivity contribution in [2.24, 2.45) is 7.05 Å². The molecule has 0 saturated heterocycles. The summed E-state index contributed by atoms with van der Waals surface area (Å²) in [6, 6.07) is 5.76. The van der Waals surface area contributed by atoms with Gasteiger partial charge in [-0.2, -0.15) is 0 Å². The first-order valence-electron chi connectivity index (χ1n) is 5.68. The third-order valence-electron chi connectivity index (χ3n) is 2.35. The molecule has 0 spiro atoms. The van der Waals surface area contributed by atoms with E-state index in [2.05, 4.69) is 13.1 Å². The Morgan fingerprint density at radius 1 is 1.24 bits per heavy atom. The van der Waals surface area contributed by atoms with Crippen molar-refractivity contribution in [3.63, 3.8) is 0 Å². The van der Waals surface area contributed by atoms with E-state index in [0.29, 0.717) is 0 Å². The number of fused-ring (bicyclic) bond motifs is 1. The number of carbonyl (C=O) groups is 1. The van der Waals surface area contributed by atoms with Crippen LogP contribution in [0.2, 0.25) is 0 Å². The Morgan fingerprint density at radius 3 is 2.35 bits per heavy atom. The fourth-order valence-corrected chi connectivity index (χ4v) is 1.68. The van der Waals surface area contributed by atoms with E-state index in [1.54, 1.807) is 0 Å². The molecule has 0 aliphatic rings. The van der Waals surface area contributed by atoms with Gasteiger partial charge in [-0.05, 0) is 18.6 Å². The SMILES string of the molecule is CC.CO.Cc1cn(C)c2cc(C=O)ccc12. The van der Waals surface area contributed by atoms with Crippen LogP contribution in [0.5, 0.6) is 0 Å². The number of aldehydes is 1. The van der Waals surface area contributed by atoms with E-state index in [9.17, 15) is 4.79 Å². The first-order valence-corrected chi connectivity index (χ1v) is 5.68. The highest BCUT2D eigenvalue weighted by molar-refractivity contribution is 5.89. The molecule has 0 unspecified atom stereocenters. The minimum absolute atomic E-state index is 0.730. The smallest absolute Gasteiger partial charge is 0.150 e. The Hall–Kier alpha value is -1.61. The number of hydrogen-bond acceptors (Lipinski definition) is 2. The van der Waals surface area contributed by atoms with Gasteiger partial charge in [0.05, 0.1) is 0 Å². The largest absolute Gasteiger partial charge is 0.400 e. The predicted molar refractivity (Wildman–Crippen MR) is 72.5 cm³/mol. The molecule has 1 heterocycles. The van der Waals surface area contributed by atoms with Crippen molar-refractivity contribution in [1.29, 1.82) is 0 Å².